The van der Waals surface area contributed by atoms with Crippen molar-refractivity contribution in [2.75, 3.05) is 7.11 Å². The molecule has 0 aliphatic rings. The molecule has 8 nitrogen and oxygen atoms in total. The van der Waals surface area contributed by atoms with Crippen LogP contribution in [-0.4, -0.2) is 36.7 Å². The highest BCUT2D eigenvalue weighted by atomic mass is 35.5. The van der Waals surface area contributed by atoms with Gasteiger partial charge in [-0.3, -0.25) is 4.57 Å². The Morgan fingerprint density at radius 2 is 2.11 bits per heavy atom. The summed E-state index contributed by atoms with van der Waals surface area (Å²) in [6.07, 6.45) is 2.50. The number of aromatic nitrogens is 3. The summed E-state index contributed by atoms with van der Waals surface area (Å²) in [6, 6.07) is 4.56. The van der Waals surface area contributed by atoms with Crippen LogP contribution in [0, 0.1) is 0 Å². The van der Waals surface area contributed by atoms with E-state index in [1.165, 1.54) is 42.3 Å². The molecule has 2 aromatic heterocycles. The highest BCUT2D eigenvalue weighted by molar-refractivity contribution is 7.89. The summed E-state index contributed by atoms with van der Waals surface area (Å²) in [5.41, 5.74) is 0.591. The lowest BCUT2D eigenvalue weighted by Crippen LogP contribution is -2.11. The molecule has 27 heavy (non-hydrogen) atoms. The van der Waals surface area contributed by atoms with E-state index in [1.807, 2.05) is 0 Å². The van der Waals surface area contributed by atoms with Crippen LogP contribution in [0.4, 0.5) is 8.78 Å². The standard InChI is InChI=1S/C15H13ClF2N4O4S/c1-25-13-8(7-26-14(17)18)5-20-15(21-13)22-6-12(27(19,23)24)10-3-2-9(16)4-11(10)22/h2-6,14H,7H2,1H3,(H2,19,23,24). The van der Waals surface area contributed by atoms with Crippen molar-refractivity contribution in [1.29, 1.82) is 0 Å². The van der Waals surface area contributed by atoms with Crippen molar-refractivity contribution in [3.63, 3.8) is 0 Å². The third-order valence-electron chi connectivity index (χ3n) is 3.62. The van der Waals surface area contributed by atoms with Gasteiger partial charge in [-0.1, -0.05) is 11.6 Å². The molecule has 0 atom stereocenters. The zero-order valence-electron chi connectivity index (χ0n) is 13.8. The van der Waals surface area contributed by atoms with Crippen LogP contribution in [0.2, 0.25) is 5.02 Å². The van der Waals surface area contributed by atoms with E-state index in [-0.39, 0.29) is 22.3 Å². The van der Waals surface area contributed by atoms with Crippen LogP contribution in [0.1, 0.15) is 5.56 Å². The average Bonchev–Trinajstić information content (AvgIpc) is 2.98. The molecule has 2 N–H and O–H groups in total. The molecule has 0 aliphatic carbocycles. The molecule has 12 heteroatoms. The Labute approximate surface area is 157 Å². The van der Waals surface area contributed by atoms with Gasteiger partial charge in [0.15, 0.2) is 0 Å². The van der Waals surface area contributed by atoms with E-state index in [4.69, 9.17) is 21.5 Å². The zero-order valence-corrected chi connectivity index (χ0v) is 15.3. The first-order valence-corrected chi connectivity index (χ1v) is 9.26. The number of nitrogens with zero attached hydrogens (tertiary/aromatic N) is 3. The number of ether oxygens (including phenoxy) is 2. The number of primary sulfonamides is 1. The first-order chi connectivity index (χ1) is 12.7. The van der Waals surface area contributed by atoms with Gasteiger partial charge in [-0.15, -0.1) is 0 Å². The number of benzene rings is 1. The Morgan fingerprint density at radius 3 is 2.74 bits per heavy atom. The maximum Gasteiger partial charge on any atom is 0.345 e. The second-order valence-corrected chi connectivity index (χ2v) is 7.31. The number of hydrogen-bond donors (Lipinski definition) is 1. The summed E-state index contributed by atoms with van der Waals surface area (Å²) in [5.74, 6) is 0.0384. The molecule has 0 fully saturated rings. The van der Waals surface area contributed by atoms with Crippen LogP contribution in [0.5, 0.6) is 5.88 Å². The predicted molar refractivity (Wildman–Crippen MR) is 92.6 cm³/mol. The van der Waals surface area contributed by atoms with Crippen LogP contribution >= 0.6 is 11.6 Å². The number of fused-ring (bicyclic) bond motifs is 1. The summed E-state index contributed by atoms with van der Waals surface area (Å²) in [6.45, 7) is -3.41. The van der Waals surface area contributed by atoms with Crippen LogP contribution in [0.15, 0.2) is 35.5 Å². The molecule has 0 amide bonds. The summed E-state index contributed by atoms with van der Waals surface area (Å²) >= 11 is 6.01. The van der Waals surface area contributed by atoms with Gasteiger partial charge in [-0.25, -0.2) is 18.5 Å². The van der Waals surface area contributed by atoms with Gasteiger partial charge in [-0.2, -0.15) is 13.8 Å². The SMILES string of the molecule is COc1nc(-n2cc(S(N)(=O)=O)c3ccc(Cl)cc32)ncc1COC(F)F. The van der Waals surface area contributed by atoms with Crippen molar-refractivity contribution in [1.82, 2.24) is 14.5 Å². The highest BCUT2D eigenvalue weighted by Crippen LogP contribution is 2.29. The second kappa shape index (κ2) is 7.35. The number of sulfonamides is 1. The number of rotatable bonds is 6. The molecule has 0 saturated heterocycles. The van der Waals surface area contributed by atoms with E-state index in [0.717, 1.165) is 0 Å². The smallest absolute Gasteiger partial charge is 0.345 e. The van der Waals surface area contributed by atoms with E-state index >= 15 is 0 Å². The molecule has 3 aromatic rings. The molecule has 0 unspecified atom stereocenters. The number of alkyl halides is 2. The Balaban J connectivity index is 2.16. The van der Waals surface area contributed by atoms with Gasteiger partial charge in [-0.05, 0) is 18.2 Å². The fourth-order valence-electron chi connectivity index (χ4n) is 2.49. The molecule has 0 spiro atoms. The number of hydrogen-bond acceptors (Lipinski definition) is 6. The van der Waals surface area contributed by atoms with Gasteiger partial charge in [0.25, 0.3) is 0 Å². The Kier molecular flexibility index (Phi) is 5.29. The molecule has 3 rings (SSSR count). The maximum atomic E-state index is 12.2. The molecule has 0 saturated carbocycles. The summed E-state index contributed by atoms with van der Waals surface area (Å²) in [4.78, 5) is 8.08. The molecular formula is C15H13ClF2N4O4S. The van der Waals surface area contributed by atoms with Gasteiger partial charge in [0.2, 0.25) is 21.9 Å². The van der Waals surface area contributed by atoms with Crippen LogP contribution in [-0.2, 0) is 21.4 Å². The number of nitrogens with two attached hydrogens (primary N) is 1. The minimum Gasteiger partial charge on any atom is -0.481 e. The molecular weight excluding hydrogens is 406 g/mol. The lowest BCUT2D eigenvalue weighted by atomic mass is 10.2. The van der Waals surface area contributed by atoms with E-state index in [1.54, 1.807) is 0 Å². The molecule has 0 radical (unpaired) electrons. The zero-order chi connectivity index (χ0) is 19.8. The van der Waals surface area contributed by atoms with Crippen LogP contribution < -0.4 is 9.88 Å². The minimum absolute atomic E-state index is 0.00156. The molecule has 0 bridgehead atoms. The van der Waals surface area contributed by atoms with Gasteiger partial charge >= 0.3 is 6.61 Å². The Morgan fingerprint density at radius 1 is 1.37 bits per heavy atom. The van der Waals surface area contributed by atoms with Gasteiger partial charge in [0.05, 0.1) is 24.8 Å². The number of methoxy groups -OCH3 is 1. The van der Waals surface area contributed by atoms with Crippen molar-refractivity contribution < 1.29 is 26.7 Å². The second-order valence-electron chi connectivity index (χ2n) is 5.35. The van der Waals surface area contributed by atoms with Gasteiger partial charge in [0.1, 0.15) is 4.90 Å². The largest absolute Gasteiger partial charge is 0.481 e. The van der Waals surface area contributed by atoms with Crippen LogP contribution in [0.25, 0.3) is 16.9 Å². The Bertz CT molecular complexity index is 1100. The van der Waals surface area contributed by atoms with Crippen LogP contribution in [0.3, 0.4) is 0 Å². The number of halogens is 3. The highest BCUT2D eigenvalue weighted by Gasteiger charge is 2.20. The third kappa shape index (κ3) is 4.00. The Hall–Kier alpha value is -2.34. The fourth-order valence-corrected chi connectivity index (χ4v) is 3.39. The minimum atomic E-state index is -4.03. The van der Waals surface area contributed by atoms with E-state index in [0.29, 0.717) is 15.9 Å². The summed E-state index contributed by atoms with van der Waals surface area (Å²) in [5, 5.41) is 5.96. The third-order valence-corrected chi connectivity index (χ3v) is 4.80. The summed E-state index contributed by atoms with van der Waals surface area (Å²) in [7, 11) is -2.72. The van der Waals surface area contributed by atoms with Gasteiger partial charge in [0, 0.05) is 22.8 Å². The summed E-state index contributed by atoms with van der Waals surface area (Å²) < 4.78 is 58.9. The molecule has 1 aromatic carbocycles. The first kappa shape index (κ1) is 19.4. The monoisotopic (exact) mass is 418 g/mol. The van der Waals surface area contributed by atoms with Crippen molar-refractivity contribution in [2.24, 2.45) is 5.14 Å². The topological polar surface area (TPSA) is 109 Å². The fraction of sp³-hybridized carbons (Fsp3) is 0.200. The average molecular weight is 419 g/mol. The lowest BCUT2D eigenvalue weighted by Gasteiger charge is -2.10. The van der Waals surface area contributed by atoms with Crippen molar-refractivity contribution >= 4 is 32.5 Å². The lowest BCUT2D eigenvalue weighted by molar-refractivity contribution is -0.137. The van der Waals surface area contributed by atoms with Crippen molar-refractivity contribution in [3.05, 3.63) is 41.2 Å². The predicted octanol–water partition coefficient (Wildman–Crippen LogP) is 2.47. The van der Waals surface area contributed by atoms with Crippen molar-refractivity contribution in [2.45, 2.75) is 18.1 Å². The van der Waals surface area contributed by atoms with E-state index in [9.17, 15) is 17.2 Å². The van der Waals surface area contributed by atoms with Gasteiger partial charge < -0.3 is 9.47 Å². The quantitative estimate of drug-likeness (QED) is 0.658. The maximum absolute atomic E-state index is 12.2. The molecule has 144 valence electrons. The first-order valence-electron chi connectivity index (χ1n) is 7.34. The molecule has 0 aliphatic heterocycles. The van der Waals surface area contributed by atoms with E-state index < -0.39 is 23.2 Å². The molecule has 2 heterocycles. The van der Waals surface area contributed by atoms with Crippen molar-refractivity contribution in [3.8, 4) is 11.8 Å². The normalized spacial score (nSPS) is 12.1. The van der Waals surface area contributed by atoms with E-state index in [2.05, 4.69) is 14.7 Å².